The Labute approximate surface area is 755 Å². The van der Waals surface area contributed by atoms with Gasteiger partial charge in [0, 0.05) is 0 Å². The predicted molar refractivity (Wildman–Crippen MR) is 482 cm³/mol. The summed E-state index contributed by atoms with van der Waals surface area (Å²) in [5.74, 6) is 0. The summed E-state index contributed by atoms with van der Waals surface area (Å²) in [6.07, 6.45) is -25.9. The van der Waals surface area contributed by atoms with Crippen LogP contribution >= 0.6 is 0 Å². The zero-order valence-corrected chi connectivity index (χ0v) is 72.2. The maximum atomic E-state index is 13.8. The fourth-order valence-corrected chi connectivity index (χ4v) is 16.5. The van der Waals surface area contributed by atoms with E-state index in [1.54, 1.807) is 0 Å². The zero-order chi connectivity index (χ0) is 87.7. The number of ether oxygens (including phenoxy) is 19. The number of benzene rings is 12. The molecule has 4 fully saturated rings. The first kappa shape index (κ1) is 92.1. The monoisotopic (exact) mass is 1750 g/mol. The third-order valence-electron chi connectivity index (χ3n) is 23.1. The van der Waals surface area contributed by atoms with Crippen LogP contribution in [0, 0.1) is 0 Å². The highest BCUT2D eigenvalue weighted by Crippen LogP contribution is 2.42. The normalized spacial score (nSPS) is 25.8. The van der Waals surface area contributed by atoms with Crippen LogP contribution in [0.5, 0.6) is 0 Å². The summed E-state index contributed by atoms with van der Waals surface area (Å²) in [4.78, 5) is 0. The number of aliphatic hydroxyl groups is 2. The van der Waals surface area contributed by atoms with E-state index in [1.165, 1.54) is 0 Å². The molecule has 4 aliphatic heterocycles. The minimum absolute atomic E-state index is 0.00000305. The number of rotatable bonds is 46. The van der Waals surface area contributed by atoms with E-state index in [1.807, 2.05) is 364 Å². The van der Waals surface area contributed by atoms with E-state index < -0.39 is 123 Å². The summed E-state index contributed by atoms with van der Waals surface area (Å²) in [6, 6.07) is 118. The van der Waals surface area contributed by atoms with Crippen molar-refractivity contribution in [2.75, 3.05) is 26.4 Å². The smallest absolute Gasteiger partial charge is 0.187 e. The van der Waals surface area contributed by atoms with E-state index in [0.29, 0.717) is 0 Å². The second kappa shape index (κ2) is 49.2. The van der Waals surface area contributed by atoms with Crippen molar-refractivity contribution in [2.24, 2.45) is 0 Å². The predicted octanol–water partition coefficient (Wildman–Crippen LogP) is 16.9. The number of hydrogen-bond acceptors (Lipinski definition) is 21. The maximum Gasteiger partial charge on any atom is 0.187 e. The van der Waals surface area contributed by atoms with Crippen molar-refractivity contribution in [2.45, 2.75) is 202 Å². The summed E-state index contributed by atoms with van der Waals surface area (Å²) in [5, 5.41) is 27.2. The molecule has 12 aromatic carbocycles. The van der Waals surface area contributed by atoms with E-state index in [0.717, 1.165) is 66.8 Å². The molecule has 21 heteroatoms. The molecule has 0 spiro atoms. The molecular weight excluding hydrogens is 1630 g/mol. The molecule has 20 atom stereocenters. The fourth-order valence-electron chi connectivity index (χ4n) is 16.5. The third-order valence-corrected chi connectivity index (χ3v) is 23.1. The second-order valence-corrected chi connectivity index (χ2v) is 32.6. The highest BCUT2D eigenvalue weighted by atomic mass is 16.8. The Hall–Kier alpha value is -10.2. The third kappa shape index (κ3) is 27.0. The average Bonchev–Trinajstić information content (AvgIpc) is 0.754. The van der Waals surface area contributed by atoms with Crippen molar-refractivity contribution in [3.05, 3.63) is 431 Å². The van der Waals surface area contributed by atoms with Gasteiger partial charge in [-0.15, -0.1) is 0 Å². The van der Waals surface area contributed by atoms with Gasteiger partial charge in [0.2, 0.25) is 0 Å². The van der Waals surface area contributed by atoms with Crippen molar-refractivity contribution < 1.29 is 100 Å². The Morgan fingerprint density at radius 2 is 0.341 bits per heavy atom. The topological polar surface area (TPSA) is 216 Å². The molecule has 4 saturated heterocycles. The van der Waals surface area contributed by atoms with Crippen LogP contribution in [0.25, 0.3) is 0 Å². The summed E-state index contributed by atoms with van der Waals surface area (Å²) < 4.78 is 139. The van der Waals surface area contributed by atoms with Crippen LogP contribution in [-0.2, 0) is 169 Å². The molecule has 2 N–H and O–H groups in total. The van der Waals surface area contributed by atoms with Crippen LogP contribution in [0.15, 0.2) is 364 Å². The van der Waals surface area contributed by atoms with Gasteiger partial charge in [0.1, 0.15) is 97.7 Å². The summed E-state index contributed by atoms with van der Waals surface area (Å²) in [6.45, 7) is 0.934. The Kier molecular flexibility index (Phi) is 35.1. The molecule has 0 saturated carbocycles. The van der Waals surface area contributed by atoms with Crippen LogP contribution in [0.4, 0.5) is 0 Å². The van der Waals surface area contributed by atoms with Gasteiger partial charge in [-0.05, 0) is 66.8 Å². The molecule has 8 unspecified atom stereocenters. The molecule has 0 aliphatic carbocycles. The lowest BCUT2D eigenvalue weighted by Crippen LogP contribution is -2.69. The Bertz CT molecular complexity index is 5070. The maximum absolute atomic E-state index is 13.8. The van der Waals surface area contributed by atoms with Crippen molar-refractivity contribution >= 4 is 0 Å². The van der Waals surface area contributed by atoms with Gasteiger partial charge < -0.3 is 100 Å². The molecule has 0 amide bonds. The Balaban J connectivity index is 0.857. The number of aliphatic hydroxyl groups excluding tert-OH is 2. The highest BCUT2D eigenvalue weighted by molar-refractivity contribution is 5.23. The highest BCUT2D eigenvalue weighted by Gasteiger charge is 2.59. The molecule has 0 bridgehead atoms. The van der Waals surface area contributed by atoms with Gasteiger partial charge in [-0.3, -0.25) is 0 Å². The van der Waals surface area contributed by atoms with Gasteiger partial charge >= 0.3 is 0 Å². The van der Waals surface area contributed by atoms with E-state index >= 15 is 0 Å². The minimum atomic E-state index is -1.78. The van der Waals surface area contributed by atoms with Crippen molar-refractivity contribution in [1.82, 2.24) is 0 Å². The van der Waals surface area contributed by atoms with Crippen LogP contribution in [0.2, 0.25) is 0 Å². The lowest BCUT2D eigenvalue weighted by molar-refractivity contribution is -0.415. The molecule has 21 nitrogen and oxygen atoms in total. The Morgan fingerprint density at radius 1 is 0.171 bits per heavy atom. The first-order valence-corrected chi connectivity index (χ1v) is 44.5. The van der Waals surface area contributed by atoms with Crippen molar-refractivity contribution in [3.63, 3.8) is 0 Å². The van der Waals surface area contributed by atoms with E-state index in [4.69, 9.17) is 90.0 Å². The van der Waals surface area contributed by atoms with E-state index in [9.17, 15) is 10.2 Å². The zero-order valence-electron chi connectivity index (χ0n) is 72.2. The molecule has 672 valence electrons. The molecular formula is C108H114O21. The lowest BCUT2D eigenvalue weighted by atomic mass is 9.94. The van der Waals surface area contributed by atoms with Crippen LogP contribution in [0.3, 0.4) is 0 Å². The van der Waals surface area contributed by atoms with Gasteiger partial charge in [0.25, 0.3) is 0 Å². The summed E-state index contributed by atoms with van der Waals surface area (Å²) >= 11 is 0. The van der Waals surface area contributed by atoms with Crippen molar-refractivity contribution in [3.8, 4) is 0 Å². The van der Waals surface area contributed by atoms with Gasteiger partial charge in [0.15, 0.2) is 25.2 Å². The fraction of sp³-hybridized carbons (Fsp3) is 0.333. The molecule has 0 aromatic heterocycles. The largest absolute Gasteiger partial charge is 0.385 e. The summed E-state index contributed by atoms with van der Waals surface area (Å²) in [5.41, 5.74) is 10.4. The average molecular weight is 1750 g/mol. The molecule has 4 heterocycles. The van der Waals surface area contributed by atoms with Gasteiger partial charge in [0.05, 0.1) is 106 Å². The summed E-state index contributed by atoms with van der Waals surface area (Å²) in [7, 11) is 0. The molecule has 12 aromatic rings. The Morgan fingerprint density at radius 3 is 0.581 bits per heavy atom. The molecule has 0 radical (unpaired) electrons. The van der Waals surface area contributed by atoms with E-state index in [2.05, 4.69) is 0 Å². The number of hydrogen-bond donors (Lipinski definition) is 2. The first-order valence-electron chi connectivity index (χ1n) is 44.5. The standard InChI is InChI=1S/C108H114O21/c109-93-98(119-69-85-53-29-9-30-54-85)94(115-65-81-45-21-5-22-46-81)90(74-112-62-78-39-15-2-16-40-78)124-106(93)128-103-100(121-71-87-57-33-11-34-58-87)96(117-67-83-49-25-7-26-50-83)92(76-114-64-80-43-19-4-20-44-80)126-108(103)129-104-101(122-72-88-59-35-12-36-60-88)97(118-68-84-51-27-8-28-52-84)91(75-113-63-79-41-17-3-18-42-79)125-107(104)127-102-99(120-70-86-55-31-10-32-56-86)95(116-66-82-47-23-6-24-48-82)89(123-105(102)110)73-111-61-77-37-13-1-14-38-77/h1-60,89-110H,61-76H2/t89?,90?,91?,92?,93?,94-,95+,96-,97+,98+,99-,100-,101-,102?,103?,104?,105-,106-,107-,108-/m1/s1. The minimum Gasteiger partial charge on any atom is -0.385 e. The molecule has 4 aliphatic rings. The SMILES string of the molecule is OC1[C@@H](OC2[C@@H](OC3[C@@H](OC4[C@H](O)OC(COCc5ccccc5)[C@H](OCc5ccccc5)[C@H]4OCc4ccccc4)OC(COCc4ccccc4)[C@H](OCc4ccccc4)[C@H]3OCc3ccccc3)OC(COCc3ccccc3)[C@@H](OCc3ccccc3)[C@H]2OCc2ccccc2)OC(COCc2ccccc2)[C@@H](OCc2ccccc2)[C@H]1OCc1ccccc1. The second-order valence-electron chi connectivity index (χ2n) is 32.6. The van der Waals surface area contributed by atoms with E-state index in [-0.39, 0.29) is 106 Å². The first-order chi connectivity index (χ1) is 63.8. The van der Waals surface area contributed by atoms with Gasteiger partial charge in [-0.25, -0.2) is 0 Å². The van der Waals surface area contributed by atoms with Gasteiger partial charge in [-0.2, -0.15) is 0 Å². The van der Waals surface area contributed by atoms with Crippen LogP contribution in [-0.4, -0.2) is 159 Å². The lowest BCUT2D eigenvalue weighted by Gasteiger charge is -2.52. The molecule has 16 rings (SSSR count). The van der Waals surface area contributed by atoms with Crippen LogP contribution < -0.4 is 0 Å². The van der Waals surface area contributed by atoms with Gasteiger partial charge in [-0.1, -0.05) is 364 Å². The van der Waals surface area contributed by atoms with Crippen molar-refractivity contribution in [1.29, 1.82) is 0 Å². The van der Waals surface area contributed by atoms with Crippen LogP contribution in [0.1, 0.15) is 66.8 Å². The molecule has 129 heavy (non-hydrogen) atoms. The quantitative estimate of drug-likeness (QED) is 0.0363.